The summed E-state index contributed by atoms with van der Waals surface area (Å²) in [6, 6.07) is 14.8. The average Bonchev–Trinajstić information content (AvgIpc) is 3.40. The highest BCUT2D eigenvalue weighted by molar-refractivity contribution is 6.00. The third-order valence-corrected chi connectivity index (χ3v) is 11.1. The first-order chi connectivity index (χ1) is 21.9. The van der Waals surface area contributed by atoms with Crippen molar-refractivity contribution in [2.45, 2.75) is 84.2 Å². The second-order valence-electron chi connectivity index (χ2n) is 14.7. The van der Waals surface area contributed by atoms with Crippen LogP contribution in [-0.2, 0) is 16.2 Å². The van der Waals surface area contributed by atoms with Gasteiger partial charge in [-0.25, -0.2) is 0 Å². The van der Waals surface area contributed by atoms with Crippen LogP contribution in [0.5, 0.6) is 0 Å². The van der Waals surface area contributed by atoms with Crippen molar-refractivity contribution in [3.63, 3.8) is 0 Å². The molecule has 46 heavy (non-hydrogen) atoms. The molecule has 252 valence electrons. The van der Waals surface area contributed by atoms with Crippen LogP contribution < -0.4 is 10.6 Å². The summed E-state index contributed by atoms with van der Waals surface area (Å²) < 4.78 is 0. The molecule has 4 N–H and O–H groups in total. The third kappa shape index (κ3) is 7.19. The molecule has 9 heteroatoms. The minimum Gasteiger partial charge on any atom is -0.394 e. The molecule has 9 nitrogen and oxygen atoms in total. The van der Waals surface area contributed by atoms with Gasteiger partial charge in [-0.2, -0.15) is 5.06 Å². The van der Waals surface area contributed by atoms with Crippen LogP contribution in [0.3, 0.4) is 0 Å². The van der Waals surface area contributed by atoms with Crippen molar-refractivity contribution in [1.29, 1.82) is 0 Å². The molecule has 3 aliphatic carbocycles. The fourth-order valence-electron chi connectivity index (χ4n) is 8.28. The number of unbranched alkanes of at least 4 members (excludes halogenated alkanes) is 1. The second-order valence-corrected chi connectivity index (χ2v) is 14.7. The van der Waals surface area contributed by atoms with Crippen LogP contribution in [0.25, 0.3) is 11.1 Å². The maximum Gasteiger partial charge on any atom is 0.251 e. The van der Waals surface area contributed by atoms with Crippen molar-refractivity contribution < 1.29 is 24.6 Å². The predicted octanol–water partition coefficient (Wildman–Crippen LogP) is 4.09. The second kappa shape index (κ2) is 14.5. The number of aliphatic hydroxyl groups is 2. The Morgan fingerprint density at radius 2 is 1.87 bits per heavy atom. The van der Waals surface area contributed by atoms with Gasteiger partial charge in [0.05, 0.1) is 19.3 Å². The van der Waals surface area contributed by atoms with Crippen molar-refractivity contribution >= 4 is 11.8 Å². The standard InChI is InChI=1S/C37H54N4O5/c1-23-30-19-27(37(30,3)4)20-31(23)39-36(45)34-33(24(2)43)32(22-42)46-41(34)21-25-12-11-13-26(18-25)28-14-7-8-15-29(28)35(44)38-16-9-10-17-40(5)6/h7-8,11-15,18,23-24,27,30-34,42-43H,9-10,16-17,19-22H2,1-6H3,(H,38,44)(H,39,45)/t23-,24-,27-,30+,31-,32-,33+,34-/m0/s1. The van der Waals surface area contributed by atoms with Crippen LogP contribution in [0.15, 0.2) is 48.5 Å². The molecule has 3 saturated carbocycles. The van der Waals surface area contributed by atoms with Crippen LogP contribution in [0.2, 0.25) is 0 Å². The van der Waals surface area contributed by atoms with Crippen molar-refractivity contribution in [3.05, 3.63) is 59.7 Å². The van der Waals surface area contributed by atoms with Gasteiger partial charge in [0.15, 0.2) is 0 Å². The van der Waals surface area contributed by atoms with E-state index in [1.165, 1.54) is 6.42 Å². The highest BCUT2D eigenvalue weighted by Crippen LogP contribution is 2.61. The van der Waals surface area contributed by atoms with Gasteiger partial charge in [0.25, 0.3) is 5.91 Å². The predicted molar refractivity (Wildman–Crippen MR) is 180 cm³/mol. The lowest BCUT2D eigenvalue weighted by molar-refractivity contribution is -0.183. The molecule has 2 bridgehead atoms. The Kier molecular flexibility index (Phi) is 10.9. The molecule has 2 aromatic rings. The van der Waals surface area contributed by atoms with Crippen molar-refractivity contribution in [1.82, 2.24) is 20.6 Å². The fourth-order valence-corrected chi connectivity index (χ4v) is 8.28. The van der Waals surface area contributed by atoms with Crippen LogP contribution in [-0.4, -0.2) is 90.1 Å². The zero-order valence-corrected chi connectivity index (χ0v) is 28.4. The monoisotopic (exact) mass is 634 g/mol. The average molecular weight is 635 g/mol. The number of amides is 2. The van der Waals surface area contributed by atoms with Crippen molar-refractivity contribution in [2.24, 2.45) is 29.1 Å². The zero-order valence-electron chi connectivity index (χ0n) is 28.4. The number of hydrogen-bond acceptors (Lipinski definition) is 7. The Labute approximate surface area is 274 Å². The lowest BCUT2D eigenvalue weighted by Crippen LogP contribution is -2.62. The van der Waals surface area contributed by atoms with Gasteiger partial charge in [-0.1, -0.05) is 57.2 Å². The largest absolute Gasteiger partial charge is 0.394 e. The Morgan fingerprint density at radius 1 is 1.11 bits per heavy atom. The molecule has 0 radical (unpaired) electrons. The van der Waals surface area contributed by atoms with E-state index in [0.717, 1.165) is 42.5 Å². The number of benzene rings is 2. The maximum absolute atomic E-state index is 14.0. The van der Waals surface area contributed by atoms with Gasteiger partial charge < -0.3 is 25.7 Å². The summed E-state index contributed by atoms with van der Waals surface area (Å²) >= 11 is 0. The molecule has 8 atom stereocenters. The molecule has 1 saturated heterocycles. The summed E-state index contributed by atoms with van der Waals surface area (Å²) in [5.74, 6) is 0.700. The Balaban J connectivity index is 1.32. The molecule has 0 aromatic heterocycles. The molecule has 0 spiro atoms. The van der Waals surface area contributed by atoms with E-state index in [9.17, 15) is 19.8 Å². The summed E-state index contributed by atoms with van der Waals surface area (Å²) in [7, 11) is 4.09. The lowest BCUT2D eigenvalue weighted by atomic mass is 9.45. The van der Waals surface area contributed by atoms with E-state index in [2.05, 4.69) is 36.3 Å². The van der Waals surface area contributed by atoms with Crippen molar-refractivity contribution in [2.75, 3.05) is 33.8 Å². The van der Waals surface area contributed by atoms with E-state index >= 15 is 0 Å². The van der Waals surface area contributed by atoms with E-state index < -0.39 is 24.2 Å². The summed E-state index contributed by atoms with van der Waals surface area (Å²) in [6.07, 6.45) is 2.55. The van der Waals surface area contributed by atoms with Crippen molar-refractivity contribution in [3.8, 4) is 11.1 Å². The van der Waals surface area contributed by atoms with E-state index in [0.29, 0.717) is 35.3 Å². The number of fused-ring (bicyclic) bond motifs is 2. The van der Waals surface area contributed by atoms with Gasteiger partial charge in [0.1, 0.15) is 12.1 Å². The summed E-state index contributed by atoms with van der Waals surface area (Å²) in [5.41, 5.74) is 3.53. The number of rotatable bonds is 13. The lowest BCUT2D eigenvalue weighted by Gasteiger charge is -2.62. The number of carbonyl (C=O) groups is 2. The Hall–Kier alpha value is -2.82. The number of carbonyl (C=O) groups excluding carboxylic acids is 2. The first-order valence-corrected chi connectivity index (χ1v) is 17.1. The number of nitrogens with one attached hydrogen (secondary N) is 2. The minimum absolute atomic E-state index is 0.0768. The molecule has 4 fully saturated rings. The summed E-state index contributed by atoms with van der Waals surface area (Å²) in [6.45, 7) is 10.2. The van der Waals surface area contributed by atoms with Crippen LogP contribution >= 0.6 is 0 Å². The van der Waals surface area contributed by atoms with E-state index in [4.69, 9.17) is 4.84 Å². The maximum atomic E-state index is 14.0. The minimum atomic E-state index is -0.853. The number of nitrogens with zero attached hydrogens (tertiary/aromatic N) is 2. The SMILES string of the molecule is C[C@@H]1[C@@H](NC(=O)[C@@H]2[C@H]([C@H](C)O)[C@H](CO)ON2Cc2cccc(-c3ccccc3C(=O)NCCCCN(C)C)c2)C[C@@H]2C[C@H]1C2(C)C. The molecule has 2 amide bonds. The number of aliphatic hydroxyl groups excluding tert-OH is 2. The van der Waals surface area contributed by atoms with Gasteiger partial charge in [0, 0.05) is 24.1 Å². The highest BCUT2D eigenvalue weighted by Gasteiger charge is 2.57. The molecule has 4 aliphatic rings. The molecule has 1 heterocycles. The van der Waals surface area contributed by atoms with Crippen LogP contribution in [0.4, 0.5) is 0 Å². The van der Waals surface area contributed by atoms with E-state index in [1.807, 2.05) is 62.6 Å². The molecule has 2 aromatic carbocycles. The first-order valence-electron chi connectivity index (χ1n) is 17.1. The van der Waals surface area contributed by atoms with Gasteiger partial charge in [-0.05, 0) is 105 Å². The smallest absolute Gasteiger partial charge is 0.251 e. The molecule has 6 rings (SSSR count). The van der Waals surface area contributed by atoms with E-state index in [-0.39, 0.29) is 31.0 Å². The number of hydroxylamine groups is 2. The molecule has 0 unspecified atom stereocenters. The fraction of sp³-hybridized carbons (Fsp3) is 0.622. The summed E-state index contributed by atoms with van der Waals surface area (Å²) in [5, 5.41) is 29.0. The first kappa shape index (κ1) is 34.5. The zero-order chi connectivity index (χ0) is 33.2. The normalized spacial score (nSPS) is 29.3. The quantitative estimate of drug-likeness (QED) is 0.246. The van der Waals surface area contributed by atoms with Gasteiger partial charge in [0.2, 0.25) is 5.91 Å². The topological polar surface area (TPSA) is 114 Å². The van der Waals surface area contributed by atoms with Crippen LogP contribution in [0, 0.1) is 29.1 Å². The van der Waals surface area contributed by atoms with Gasteiger partial charge >= 0.3 is 0 Å². The van der Waals surface area contributed by atoms with Crippen LogP contribution in [0.1, 0.15) is 69.3 Å². The Morgan fingerprint density at radius 3 is 2.54 bits per heavy atom. The van der Waals surface area contributed by atoms with Gasteiger partial charge in [-0.15, -0.1) is 0 Å². The molecular weight excluding hydrogens is 580 g/mol. The van der Waals surface area contributed by atoms with Gasteiger partial charge in [-0.3, -0.25) is 14.4 Å². The number of hydrogen-bond donors (Lipinski definition) is 4. The molecular formula is C37H54N4O5. The van der Waals surface area contributed by atoms with E-state index in [1.54, 1.807) is 12.0 Å². The highest BCUT2D eigenvalue weighted by atomic mass is 16.7. The summed E-state index contributed by atoms with van der Waals surface area (Å²) in [4.78, 5) is 35.5. The Bertz CT molecular complexity index is 1360. The third-order valence-electron chi connectivity index (χ3n) is 11.1. The molecule has 1 aliphatic heterocycles.